The lowest BCUT2D eigenvalue weighted by Crippen LogP contribution is -2.12. The van der Waals surface area contributed by atoms with E-state index in [1.165, 1.54) is 24.1 Å². The van der Waals surface area contributed by atoms with Crippen molar-refractivity contribution < 1.29 is 0 Å². The van der Waals surface area contributed by atoms with E-state index in [0.29, 0.717) is 0 Å². The van der Waals surface area contributed by atoms with Crippen LogP contribution in [0.3, 0.4) is 0 Å². The predicted octanol–water partition coefficient (Wildman–Crippen LogP) is 1.80. The van der Waals surface area contributed by atoms with E-state index in [4.69, 9.17) is 4.98 Å². The maximum atomic E-state index is 4.71. The standard InChI is InChI=1S/C13H17N5/c1-14-12-9-5-3-4-6-10(9)16-13(17-12)11-7-8-15-18(11)2/h7-8H,3-6H2,1-2H3,(H,14,16,17). The molecule has 0 amide bonds. The number of rotatable bonds is 2. The molecule has 0 spiro atoms. The molecular formula is C13H17N5. The number of aromatic nitrogens is 4. The summed E-state index contributed by atoms with van der Waals surface area (Å²) in [7, 11) is 3.83. The van der Waals surface area contributed by atoms with Crippen molar-refractivity contribution in [3.8, 4) is 11.5 Å². The Balaban J connectivity index is 2.14. The molecular weight excluding hydrogens is 226 g/mol. The van der Waals surface area contributed by atoms with E-state index in [-0.39, 0.29) is 0 Å². The van der Waals surface area contributed by atoms with Crippen molar-refractivity contribution in [3.63, 3.8) is 0 Å². The van der Waals surface area contributed by atoms with Crippen molar-refractivity contribution >= 4 is 5.82 Å². The summed E-state index contributed by atoms with van der Waals surface area (Å²) in [6.07, 6.45) is 6.36. The van der Waals surface area contributed by atoms with Gasteiger partial charge in [0.15, 0.2) is 5.82 Å². The Bertz CT molecular complexity index is 556. The molecule has 2 aromatic rings. The van der Waals surface area contributed by atoms with Gasteiger partial charge in [-0.05, 0) is 31.7 Å². The van der Waals surface area contributed by atoms with Crippen LogP contribution in [-0.4, -0.2) is 26.8 Å². The fourth-order valence-corrected chi connectivity index (χ4v) is 2.51. The van der Waals surface area contributed by atoms with Crippen LogP contribution in [0.5, 0.6) is 0 Å². The lowest BCUT2D eigenvalue weighted by atomic mass is 9.96. The quantitative estimate of drug-likeness (QED) is 0.873. The highest BCUT2D eigenvalue weighted by Gasteiger charge is 2.18. The van der Waals surface area contributed by atoms with Gasteiger partial charge < -0.3 is 5.32 Å². The molecule has 0 radical (unpaired) electrons. The normalized spacial score (nSPS) is 14.3. The monoisotopic (exact) mass is 243 g/mol. The molecule has 5 nitrogen and oxygen atoms in total. The van der Waals surface area contributed by atoms with Crippen LogP contribution < -0.4 is 5.32 Å². The van der Waals surface area contributed by atoms with E-state index in [1.807, 2.05) is 24.8 Å². The topological polar surface area (TPSA) is 55.6 Å². The average molecular weight is 243 g/mol. The smallest absolute Gasteiger partial charge is 0.180 e. The molecule has 0 bridgehead atoms. The number of anilines is 1. The van der Waals surface area contributed by atoms with Crippen LogP contribution >= 0.6 is 0 Å². The van der Waals surface area contributed by atoms with E-state index in [9.17, 15) is 0 Å². The van der Waals surface area contributed by atoms with Gasteiger partial charge in [0.25, 0.3) is 0 Å². The highest BCUT2D eigenvalue weighted by atomic mass is 15.3. The first-order valence-electron chi connectivity index (χ1n) is 6.35. The van der Waals surface area contributed by atoms with Gasteiger partial charge in [-0.15, -0.1) is 0 Å². The zero-order valence-corrected chi connectivity index (χ0v) is 10.8. The minimum Gasteiger partial charge on any atom is -0.373 e. The van der Waals surface area contributed by atoms with Crippen molar-refractivity contribution in [2.24, 2.45) is 7.05 Å². The minimum absolute atomic E-state index is 0.764. The molecule has 1 N–H and O–H groups in total. The molecule has 0 fully saturated rings. The number of hydrogen-bond donors (Lipinski definition) is 1. The fraction of sp³-hybridized carbons (Fsp3) is 0.462. The SMILES string of the molecule is CNc1nc(-c2ccnn2C)nc2c1CCCC2. The zero-order chi connectivity index (χ0) is 12.5. The molecule has 0 aromatic carbocycles. The number of hydrogen-bond acceptors (Lipinski definition) is 4. The van der Waals surface area contributed by atoms with E-state index >= 15 is 0 Å². The first-order chi connectivity index (χ1) is 8.79. The van der Waals surface area contributed by atoms with E-state index in [2.05, 4.69) is 15.4 Å². The minimum atomic E-state index is 0.764. The van der Waals surface area contributed by atoms with Gasteiger partial charge in [0, 0.05) is 31.5 Å². The summed E-state index contributed by atoms with van der Waals surface area (Å²) in [5, 5.41) is 7.37. The Labute approximate surface area is 106 Å². The lowest BCUT2D eigenvalue weighted by molar-refractivity contribution is 0.663. The number of fused-ring (bicyclic) bond motifs is 1. The number of aryl methyl sites for hydroxylation is 2. The first kappa shape index (κ1) is 11.2. The molecule has 1 aliphatic carbocycles. The summed E-state index contributed by atoms with van der Waals surface area (Å²) in [5.74, 6) is 1.73. The Morgan fingerprint density at radius 3 is 2.78 bits per heavy atom. The van der Waals surface area contributed by atoms with Gasteiger partial charge in [-0.25, -0.2) is 9.97 Å². The van der Waals surface area contributed by atoms with Gasteiger partial charge in [0.2, 0.25) is 0 Å². The van der Waals surface area contributed by atoms with E-state index < -0.39 is 0 Å². The van der Waals surface area contributed by atoms with Crippen molar-refractivity contribution in [2.75, 3.05) is 12.4 Å². The van der Waals surface area contributed by atoms with Crippen LogP contribution in [0.15, 0.2) is 12.3 Å². The van der Waals surface area contributed by atoms with Crippen LogP contribution in [0, 0.1) is 0 Å². The summed E-state index contributed by atoms with van der Waals surface area (Å²) in [4.78, 5) is 9.34. The summed E-state index contributed by atoms with van der Waals surface area (Å²) >= 11 is 0. The van der Waals surface area contributed by atoms with E-state index in [1.54, 1.807) is 6.20 Å². The molecule has 5 heteroatoms. The van der Waals surface area contributed by atoms with Gasteiger partial charge in [-0.2, -0.15) is 5.10 Å². The maximum absolute atomic E-state index is 4.71. The second kappa shape index (κ2) is 4.40. The van der Waals surface area contributed by atoms with Crippen LogP contribution in [0.25, 0.3) is 11.5 Å². The Morgan fingerprint density at radius 2 is 2.06 bits per heavy atom. The summed E-state index contributed by atoms with van der Waals surface area (Å²) in [6, 6.07) is 1.95. The second-order valence-electron chi connectivity index (χ2n) is 4.62. The average Bonchev–Trinajstić information content (AvgIpc) is 2.83. The molecule has 2 aromatic heterocycles. The van der Waals surface area contributed by atoms with Gasteiger partial charge in [-0.3, -0.25) is 4.68 Å². The van der Waals surface area contributed by atoms with Crippen LogP contribution in [-0.2, 0) is 19.9 Å². The molecule has 1 aliphatic rings. The maximum Gasteiger partial charge on any atom is 0.180 e. The van der Waals surface area contributed by atoms with Gasteiger partial charge in [0.1, 0.15) is 11.5 Å². The molecule has 3 rings (SSSR count). The van der Waals surface area contributed by atoms with Gasteiger partial charge in [0.05, 0.1) is 0 Å². The van der Waals surface area contributed by atoms with E-state index in [0.717, 1.165) is 30.2 Å². The first-order valence-corrected chi connectivity index (χ1v) is 6.35. The highest BCUT2D eigenvalue weighted by molar-refractivity contribution is 5.57. The summed E-state index contributed by atoms with van der Waals surface area (Å²) in [6.45, 7) is 0. The molecule has 0 saturated heterocycles. The van der Waals surface area contributed by atoms with Gasteiger partial charge >= 0.3 is 0 Å². The Kier molecular flexibility index (Phi) is 2.74. The Hall–Kier alpha value is -1.91. The van der Waals surface area contributed by atoms with Crippen molar-refractivity contribution in [3.05, 3.63) is 23.5 Å². The summed E-state index contributed by atoms with van der Waals surface area (Å²) < 4.78 is 1.81. The molecule has 2 heterocycles. The summed E-state index contributed by atoms with van der Waals surface area (Å²) in [5.41, 5.74) is 3.44. The zero-order valence-electron chi connectivity index (χ0n) is 10.8. The molecule has 0 unspecified atom stereocenters. The van der Waals surface area contributed by atoms with Crippen LogP contribution in [0.2, 0.25) is 0 Å². The predicted molar refractivity (Wildman–Crippen MR) is 70.4 cm³/mol. The second-order valence-corrected chi connectivity index (χ2v) is 4.62. The third-order valence-corrected chi connectivity index (χ3v) is 3.47. The molecule has 94 valence electrons. The van der Waals surface area contributed by atoms with Crippen LogP contribution in [0.1, 0.15) is 24.1 Å². The van der Waals surface area contributed by atoms with Crippen molar-refractivity contribution in [1.82, 2.24) is 19.7 Å². The van der Waals surface area contributed by atoms with Gasteiger partial charge in [-0.1, -0.05) is 0 Å². The number of nitrogens with zero attached hydrogens (tertiary/aromatic N) is 4. The van der Waals surface area contributed by atoms with Crippen molar-refractivity contribution in [2.45, 2.75) is 25.7 Å². The molecule has 0 aliphatic heterocycles. The molecule has 0 saturated carbocycles. The fourth-order valence-electron chi connectivity index (χ4n) is 2.51. The molecule has 18 heavy (non-hydrogen) atoms. The largest absolute Gasteiger partial charge is 0.373 e. The van der Waals surface area contributed by atoms with Crippen molar-refractivity contribution in [1.29, 1.82) is 0 Å². The Morgan fingerprint density at radius 1 is 1.22 bits per heavy atom. The molecule has 0 atom stereocenters. The lowest BCUT2D eigenvalue weighted by Gasteiger charge is -2.18. The number of nitrogens with one attached hydrogen (secondary N) is 1. The third-order valence-electron chi connectivity index (χ3n) is 3.47. The van der Waals surface area contributed by atoms with Crippen LogP contribution in [0.4, 0.5) is 5.82 Å². The third kappa shape index (κ3) is 1.75. The highest BCUT2D eigenvalue weighted by Crippen LogP contribution is 2.27.